The molecule has 1 amide bonds. The Morgan fingerprint density at radius 3 is 2.28 bits per heavy atom. The molecule has 1 fully saturated rings. The van der Waals surface area contributed by atoms with E-state index in [0.717, 1.165) is 23.5 Å². The zero-order chi connectivity index (χ0) is 32.3. The third kappa shape index (κ3) is 6.81. The lowest BCUT2D eigenvalue weighted by molar-refractivity contribution is -0.147. The Bertz CT molecular complexity index is 1660. The maximum atomic E-state index is 13.8. The van der Waals surface area contributed by atoms with Crippen LogP contribution in [0.4, 0.5) is 22.0 Å². The highest BCUT2D eigenvalue weighted by Crippen LogP contribution is 2.44. The number of benzene rings is 1. The molecule has 0 unspecified atom stereocenters. The molecule has 43 heavy (non-hydrogen) atoms. The number of nitrogens with zero attached hydrogens (tertiary/aromatic N) is 5. The van der Waals surface area contributed by atoms with Crippen LogP contribution in [0, 0.1) is 0 Å². The predicted molar refractivity (Wildman–Crippen MR) is 149 cm³/mol. The second-order valence-corrected chi connectivity index (χ2v) is 13.9. The number of carbonyl (C=O) groups excluding carboxylic acids is 1. The normalized spacial score (nSPS) is 16.9. The van der Waals surface area contributed by atoms with Gasteiger partial charge in [-0.15, -0.1) is 21.5 Å². The average molecular weight is 692 g/mol. The van der Waals surface area contributed by atoms with Gasteiger partial charge in [-0.25, -0.2) is 22.2 Å². The molecule has 1 aliphatic heterocycles. The molecule has 0 aliphatic carbocycles. The lowest BCUT2D eigenvalue weighted by Crippen LogP contribution is -2.43. The number of sulfonamides is 1. The summed E-state index contributed by atoms with van der Waals surface area (Å²) < 4.78 is 95.0. The smallest absolute Gasteiger partial charge is 0.382 e. The molecule has 2 aromatic heterocycles. The molecule has 0 spiro atoms. The van der Waals surface area contributed by atoms with E-state index in [0.29, 0.717) is 6.92 Å². The third-order valence-corrected chi connectivity index (χ3v) is 10.3. The van der Waals surface area contributed by atoms with Crippen LogP contribution in [0.3, 0.4) is 0 Å². The molecule has 1 aromatic carbocycles. The third-order valence-electron chi connectivity index (χ3n) is 6.63. The summed E-state index contributed by atoms with van der Waals surface area (Å²) >= 11 is 13.6. The standard InChI is InChI=1S/C24H25Cl2F5N6O4S2/c1-11(24(29,30)31)35-43(40,41)13-6-5-12(14(25)15(13)26)17-16(20(38)37-9-7-23(27,28)8-10-37)32-19(42-17)18-33-34-21(36(18)4)22(2,3)39/h5-6,11,35,39H,7-10H2,1-4H3/t11-/m0/s1. The first kappa shape index (κ1) is 33.5. The van der Waals surface area contributed by atoms with Crippen molar-refractivity contribution < 1.29 is 40.3 Å². The molecule has 0 radical (unpaired) electrons. The van der Waals surface area contributed by atoms with Gasteiger partial charge in [0.25, 0.3) is 11.8 Å². The van der Waals surface area contributed by atoms with Crippen LogP contribution in [-0.2, 0) is 22.7 Å². The molecule has 0 bridgehead atoms. The first-order valence-electron chi connectivity index (χ1n) is 12.5. The molecule has 4 rings (SSSR count). The quantitative estimate of drug-likeness (QED) is 0.324. The van der Waals surface area contributed by atoms with Crippen molar-refractivity contribution >= 4 is 50.5 Å². The van der Waals surface area contributed by atoms with E-state index in [2.05, 4.69) is 15.2 Å². The van der Waals surface area contributed by atoms with Crippen molar-refractivity contribution in [1.29, 1.82) is 0 Å². The maximum absolute atomic E-state index is 13.8. The van der Waals surface area contributed by atoms with Crippen LogP contribution in [0.2, 0.25) is 10.0 Å². The van der Waals surface area contributed by atoms with Gasteiger partial charge in [0, 0.05) is 38.5 Å². The summed E-state index contributed by atoms with van der Waals surface area (Å²) in [4.78, 5) is 18.5. The summed E-state index contributed by atoms with van der Waals surface area (Å²) in [6.07, 6.45) is -6.00. The number of hydrogen-bond donors (Lipinski definition) is 2. The number of aromatic nitrogens is 4. The Hall–Kier alpha value is -2.44. The highest BCUT2D eigenvalue weighted by molar-refractivity contribution is 7.89. The summed E-state index contributed by atoms with van der Waals surface area (Å²) in [5, 5.41) is 17.6. The van der Waals surface area contributed by atoms with Crippen molar-refractivity contribution in [3.63, 3.8) is 0 Å². The van der Waals surface area contributed by atoms with Crippen molar-refractivity contribution in [3.05, 3.63) is 33.7 Å². The highest BCUT2D eigenvalue weighted by Gasteiger charge is 2.40. The van der Waals surface area contributed by atoms with Gasteiger partial charge in [0.15, 0.2) is 16.7 Å². The maximum Gasteiger partial charge on any atom is 0.404 e. The van der Waals surface area contributed by atoms with E-state index >= 15 is 0 Å². The van der Waals surface area contributed by atoms with E-state index in [1.807, 2.05) is 0 Å². The van der Waals surface area contributed by atoms with Gasteiger partial charge in [0.05, 0.1) is 14.9 Å². The van der Waals surface area contributed by atoms with Crippen molar-refractivity contribution in [2.45, 2.75) is 62.3 Å². The van der Waals surface area contributed by atoms with E-state index in [1.165, 1.54) is 28.0 Å². The molecule has 3 heterocycles. The molecule has 10 nitrogen and oxygen atoms in total. The Balaban J connectivity index is 1.83. The Morgan fingerprint density at radius 1 is 1.14 bits per heavy atom. The van der Waals surface area contributed by atoms with Gasteiger partial charge >= 0.3 is 6.18 Å². The minimum Gasteiger partial charge on any atom is -0.382 e. The average Bonchev–Trinajstić information content (AvgIpc) is 3.48. The number of aliphatic hydroxyl groups is 1. The summed E-state index contributed by atoms with van der Waals surface area (Å²) in [6.45, 7) is 3.05. The van der Waals surface area contributed by atoms with Gasteiger partial charge in [0.1, 0.15) is 22.2 Å². The van der Waals surface area contributed by atoms with Crippen LogP contribution < -0.4 is 4.72 Å². The Labute approximate surface area is 256 Å². The van der Waals surface area contributed by atoms with Gasteiger partial charge in [-0.1, -0.05) is 29.3 Å². The molecule has 1 atom stereocenters. The SMILES string of the molecule is C[C@H](NS(=O)(=O)c1ccc(-c2sc(-c3nnc(C(C)(C)O)n3C)nc2C(=O)N2CCC(F)(F)CC2)c(Cl)c1Cl)C(F)(F)F. The summed E-state index contributed by atoms with van der Waals surface area (Å²) in [7, 11) is -3.24. The van der Waals surface area contributed by atoms with Crippen molar-refractivity contribution in [2.75, 3.05) is 13.1 Å². The minimum atomic E-state index is -4.87. The van der Waals surface area contributed by atoms with Gasteiger partial charge in [-0.05, 0) is 26.8 Å². The van der Waals surface area contributed by atoms with Gasteiger partial charge in [-0.3, -0.25) is 4.79 Å². The number of hydrogen-bond acceptors (Lipinski definition) is 8. The van der Waals surface area contributed by atoms with Gasteiger partial charge < -0.3 is 14.6 Å². The molecule has 0 saturated carbocycles. The predicted octanol–water partition coefficient (Wildman–Crippen LogP) is 5.24. The fraction of sp³-hybridized carbons (Fsp3) is 0.500. The van der Waals surface area contributed by atoms with E-state index in [4.69, 9.17) is 23.2 Å². The summed E-state index contributed by atoms with van der Waals surface area (Å²) in [5.41, 5.74) is -1.61. The van der Waals surface area contributed by atoms with Crippen LogP contribution in [0.1, 0.15) is 49.9 Å². The molecule has 1 saturated heterocycles. The number of nitrogens with one attached hydrogen (secondary N) is 1. The van der Waals surface area contributed by atoms with E-state index in [1.54, 1.807) is 7.05 Å². The number of likely N-dealkylation sites (tertiary alicyclic amines) is 1. The fourth-order valence-corrected chi connectivity index (χ4v) is 7.52. The van der Waals surface area contributed by atoms with Crippen molar-refractivity contribution in [1.82, 2.24) is 29.4 Å². The van der Waals surface area contributed by atoms with Crippen molar-refractivity contribution in [3.8, 4) is 21.3 Å². The molecule has 19 heteroatoms. The Kier molecular flexibility index (Phi) is 8.94. The first-order valence-corrected chi connectivity index (χ1v) is 15.6. The Morgan fingerprint density at radius 2 is 1.74 bits per heavy atom. The van der Waals surface area contributed by atoms with Gasteiger partial charge in [0.2, 0.25) is 10.0 Å². The van der Waals surface area contributed by atoms with Crippen LogP contribution in [-0.4, -0.2) is 75.3 Å². The second kappa shape index (κ2) is 11.5. The van der Waals surface area contributed by atoms with Crippen LogP contribution in [0.5, 0.6) is 0 Å². The lowest BCUT2D eigenvalue weighted by atomic mass is 10.1. The number of thiazole rings is 1. The fourth-order valence-electron chi connectivity index (χ4n) is 4.26. The molecule has 1 aliphatic rings. The molecular weight excluding hydrogens is 666 g/mol. The zero-order valence-electron chi connectivity index (χ0n) is 22.9. The first-order chi connectivity index (χ1) is 19.6. The summed E-state index contributed by atoms with van der Waals surface area (Å²) in [5.74, 6) is -3.35. The second-order valence-electron chi connectivity index (χ2n) is 10.4. The van der Waals surface area contributed by atoms with Crippen LogP contribution >= 0.6 is 34.5 Å². The van der Waals surface area contributed by atoms with Crippen LogP contribution in [0.25, 0.3) is 21.3 Å². The minimum absolute atomic E-state index is 0.00815. The van der Waals surface area contributed by atoms with Gasteiger partial charge in [-0.2, -0.15) is 17.9 Å². The number of alkyl halides is 5. The van der Waals surface area contributed by atoms with E-state index in [9.17, 15) is 40.3 Å². The monoisotopic (exact) mass is 690 g/mol. The number of halogens is 7. The molecular formula is C24H25Cl2F5N6O4S2. The molecule has 2 N–H and O–H groups in total. The van der Waals surface area contributed by atoms with Crippen molar-refractivity contribution in [2.24, 2.45) is 7.05 Å². The number of rotatable bonds is 7. The lowest BCUT2D eigenvalue weighted by Gasteiger charge is -2.31. The summed E-state index contributed by atoms with van der Waals surface area (Å²) in [6, 6.07) is -0.352. The zero-order valence-corrected chi connectivity index (χ0v) is 26.1. The van der Waals surface area contributed by atoms with E-state index in [-0.39, 0.29) is 45.9 Å². The number of amides is 1. The largest absolute Gasteiger partial charge is 0.404 e. The van der Waals surface area contributed by atoms with E-state index < -0.39 is 67.5 Å². The molecule has 3 aromatic rings. The molecule has 236 valence electrons. The topological polar surface area (TPSA) is 130 Å². The number of piperidine rings is 1. The van der Waals surface area contributed by atoms with Crippen LogP contribution in [0.15, 0.2) is 17.0 Å². The number of carbonyl (C=O) groups is 1. The highest BCUT2D eigenvalue weighted by atomic mass is 35.5.